The minimum absolute atomic E-state index is 0.179. The number of aliphatic hydroxyl groups is 1. The zero-order valence-corrected chi connectivity index (χ0v) is 12.8. The van der Waals surface area contributed by atoms with Crippen molar-refractivity contribution in [3.8, 4) is 0 Å². The molecule has 2 N–H and O–H groups in total. The van der Waals surface area contributed by atoms with Crippen LogP contribution < -0.4 is 5.32 Å². The highest BCUT2D eigenvalue weighted by Crippen LogP contribution is 2.19. The zero-order valence-electron chi connectivity index (χ0n) is 12.1. The van der Waals surface area contributed by atoms with Crippen molar-refractivity contribution in [2.24, 2.45) is 0 Å². The van der Waals surface area contributed by atoms with Crippen molar-refractivity contribution >= 4 is 23.6 Å². The molecule has 114 valence electrons. The van der Waals surface area contributed by atoms with Crippen LogP contribution in [0.25, 0.3) is 6.08 Å². The largest absolute Gasteiger partial charge is 0.388 e. The van der Waals surface area contributed by atoms with E-state index >= 15 is 0 Å². The van der Waals surface area contributed by atoms with Crippen molar-refractivity contribution in [2.75, 3.05) is 6.54 Å². The van der Waals surface area contributed by atoms with E-state index in [1.54, 1.807) is 24.3 Å². The summed E-state index contributed by atoms with van der Waals surface area (Å²) >= 11 is 5.88. The molecule has 0 fully saturated rings. The van der Waals surface area contributed by atoms with Crippen molar-refractivity contribution in [1.82, 2.24) is 5.32 Å². The van der Waals surface area contributed by atoms with E-state index in [0.29, 0.717) is 18.0 Å². The van der Waals surface area contributed by atoms with Gasteiger partial charge < -0.3 is 10.4 Å². The lowest BCUT2D eigenvalue weighted by molar-refractivity contribution is -0.116. The third-order valence-electron chi connectivity index (χ3n) is 3.18. The topological polar surface area (TPSA) is 49.3 Å². The second-order valence-electron chi connectivity index (χ2n) is 4.89. The molecule has 1 atom stereocenters. The van der Waals surface area contributed by atoms with Gasteiger partial charge in [0.25, 0.3) is 0 Å². The maximum Gasteiger partial charge on any atom is 0.244 e. The van der Waals surface area contributed by atoms with E-state index in [1.165, 1.54) is 6.08 Å². The summed E-state index contributed by atoms with van der Waals surface area (Å²) in [5.41, 5.74) is 1.72. The maximum atomic E-state index is 11.7. The SMILES string of the molecule is O=C(/C=C/c1ccccc1)NCC[C@@H](O)c1cccc(Cl)c1. The first-order valence-corrected chi connectivity index (χ1v) is 7.47. The van der Waals surface area contributed by atoms with Crippen molar-refractivity contribution in [2.45, 2.75) is 12.5 Å². The fourth-order valence-electron chi connectivity index (χ4n) is 2.01. The van der Waals surface area contributed by atoms with Crippen LogP contribution in [-0.4, -0.2) is 17.6 Å². The normalized spacial score (nSPS) is 12.3. The van der Waals surface area contributed by atoms with E-state index in [2.05, 4.69) is 5.32 Å². The third kappa shape index (κ3) is 5.35. The second kappa shape index (κ2) is 8.37. The first kappa shape index (κ1) is 16.3. The van der Waals surface area contributed by atoms with Gasteiger partial charge in [0.1, 0.15) is 0 Å². The minimum atomic E-state index is -0.642. The van der Waals surface area contributed by atoms with Crippen molar-refractivity contribution < 1.29 is 9.90 Å². The van der Waals surface area contributed by atoms with Gasteiger partial charge in [-0.3, -0.25) is 4.79 Å². The van der Waals surface area contributed by atoms with Crippen molar-refractivity contribution in [3.05, 3.63) is 76.8 Å². The van der Waals surface area contributed by atoms with Crippen LogP contribution in [0.15, 0.2) is 60.7 Å². The van der Waals surface area contributed by atoms with Gasteiger partial charge in [0.2, 0.25) is 5.91 Å². The molecule has 0 spiro atoms. The standard InChI is InChI=1S/C18H18ClNO2/c19-16-8-4-7-15(13-16)17(21)11-12-20-18(22)10-9-14-5-2-1-3-6-14/h1-10,13,17,21H,11-12H2,(H,20,22)/b10-9+/t17-/m1/s1. The first-order chi connectivity index (χ1) is 10.6. The molecule has 0 radical (unpaired) electrons. The van der Waals surface area contributed by atoms with Crippen LogP contribution in [0.3, 0.4) is 0 Å². The number of carbonyl (C=O) groups is 1. The summed E-state index contributed by atoms with van der Waals surface area (Å²) in [6, 6.07) is 16.7. The number of hydrogen-bond donors (Lipinski definition) is 2. The van der Waals surface area contributed by atoms with Gasteiger partial charge in [0, 0.05) is 17.6 Å². The molecule has 2 rings (SSSR count). The molecule has 2 aromatic carbocycles. The molecule has 0 unspecified atom stereocenters. The Kier molecular flexibility index (Phi) is 6.19. The van der Waals surface area contributed by atoms with E-state index in [9.17, 15) is 9.90 Å². The Balaban J connectivity index is 1.76. The van der Waals surface area contributed by atoms with Gasteiger partial charge in [0.15, 0.2) is 0 Å². The highest BCUT2D eigenvalue weighted by molar-refractivity contribution is 6.30. The number of aliphatic hydroxyl groups excluding tert-OH is 1. The molecule has 0 bridgehead atoms. The fourth-order valence-corrected chi connectivity index (χ4v) is 2.21. The maximum absolute atomic E-state index is 11.7. The summed E-state index contributed by atoms with van der Waals surface area (Å²) in [5.74, 6) is -0.179. The zero-order chi connectivity index (χ0) is 15.8. The molecule has 0 aromatic heterocycles. The molecule has 0 aliphatic carbocycles. The molecule has 0 heterocycles. The van der Waals surface area contributed by atoms with Gasteiger partial charge in [-0.1, -0.05) is 54.1 Å². The van der Waals surface area contributed by atoms with E-state index in [-0.39, 0.29) is 5.91 Å². The molecule has 22 heavy (non-hydrogen) atoms. The Morgan fingerprint density at radius 1 is 1.18 bits per heavy atom. The van der Waals surface area contributed by atoms with Crippen LogP contribution in [0.4, 0.5) is 0 Å². The van der Waals surface area contributed by atoms with Crippen LogP contribution in [0, 0.1) is 0 Å². The number of carbonyl (C=O) groups excluding carboxylic acids is 1. The Bertz CT molecular complexity index is 641. The highest BCUT2D eigenvalue weighted by atomic mass is 35.5. The summed E-state index contributed by atoms with van der Waals surface area (Å²) in [6.45, 7) is 0.394. The van der Waals surface area contributed by atoms with Gasteiger partial charge in [-0.2, -0.15) is 0 Å². The molecular weight excluding hydrogens is 298 g/mol. The molecule has 0 aliphatic rings. The predicted molar refractivity (Wildman–Crippen MR) is 89.5 cm³/mol. The lowest BCUT2D eigenvalue weighted by atomic mass is 10.1. The summed E-state index contributed by atoms with van der Waals surface area (Å²) in [5, 5.41) is 13.4. The number of nitrogens with one attached hydrogen (secondary N) is 1. The van der Waals surface area contributed by atoms with Crippen molar-refractivity contribution in [3.63, 3.8) is 0 Å². The summed E-state index contributed by atoms with van der Waals surface area (Å²) in [7, 11) is 0. The summed E-state index contributed by atoms with van der Waals surface area (Å²) in [6.07, 6.45) is 3.03. The second-order valence-corrected chi connectivity index (χ2v) is 5.33. The smallest absolute Gasteiger partial charge is 0.244 e. The fraction of sp³-hybridized carbons (Fsp3) is 0.167. The monoisotopic (exact) mass is 315 g/mol. The number of halogens is 1. The molecule has 4 heteroatoms. The number of rotatable bonds is 6. The molecule has 0 aliphatic heterocycles. The average Bonchev–Trinajstić information content (AvgIpc) is 2.54. The Hall–Kier alpha value is -2.10. The van der Waals surface area contributed by atoms with Gasteiger partial charge in [-0.15, -0.1) is 0 Å². The summed E-state index contributed by atoms with van der Waals surface area (Å²) < 4.78 is 0. The average molecular weight is 316 g/mol. The van der Waals surface area contributed by atoms with Crippen LogP contribution in [-0.2, 0) is 4.79 Å². The van der Waals surface area contributed by atoms with Gasteiger partial charge in [-0.25, -0.2) is 0 Å². The van der Waals surface area contributed by atoms with E-state index in [4.69, 9.17) is 11.6 Å². The van der Waals surface area contributed by atoms with Crippen LogP contribution >= 0.6 is 11.6 Å². The summed E-state index contributed by atoms with van der Waals surface area (Å²) in [4.78, 5) is 11.7. The van der Waals surface area contributed by atoms with Gasteiger partial charge in [0.05, 0.1) is 6.10 Å². The molecule has 0 saturated heterocycles. The number of benzene rings is 2. The third-order valence-corrected chi connectivity index (χ3v) is 3.41. The van der Waals surface area contributed by atoms with Crippen molar-refractivity contribution in [1.29, 1.82) is 0 Å². The molecule has 1 amide bonds. The van der Waals surface area contributed by atoms with E-state index < -0.39 is 6.10 Å². The minimum Gasteiger partial charge on any atom is -0.388 e. The first-order valence-electron chi connectivity index (χ1n) is 7.09. The van der Waals surface area contributed by atoms with Gasteiger partial charge in [-0.05, 0) is 35.8 Å². The lowest BCUT2D eigenvalue weighted by Crippen LogP contribution is -2.23. The molecule has 0 saturated carbocycles. The molecule has 3 nitrogen and oxygen atoms in total. The predicted octanol–water partition coefficient (Wildman–Crippen LogP) is 3.59. The van der Waals surface area contributed by atoms with E-state index in [1.807, 2.05) is 36.4 Å². The molecular formula is C18H18ClNO2. The van der Waals surface area contributed by atoms with Gasteiger partial charge >= 0.3 is 0 Å². The lowest BCUT2D eigenvalue weighted by Gasteiger charge is -2.11. The number of hydrogen-bond acceptors (Lipinski definition) is 2. The Morgan fingerprint density at radius 3 is 2.68 bits per heavy atom. The van der Waals surface area contributed by atoms with E-state index in [0.717, 1.165) is 11.1 Å². The van der Waals surface area contributed by atoms with Crippen LogP contribution in [0.2, 0.25) is 5.02 Å². The quantitative estimate of drug-likeness (QED) is 0.800. The van der Waals surface area contributed by atoms with Crippen LogP contribution in [0.1, 0.15) is 23.7 Å². The highest BCUT2D eigenvalue weighted by Gasteiger charge is 2.07. The van der Waals surface area contributed by atoms with Crippen LogP contribution in [0.5, 0.6) is 0 Å². The molecule has 2 aromatic rings. The Labute approximate surface area is 135 Å². The Morgan fingerprint density at radius 2 is 1.95 bits per heavy atom. The number of amides is 1.